The van der Waals surface area contributed by atoms with Crippen LogP contribution in [0.15, 0.2) is 48.5 Å². The summed E-state index contributed by atoms with van der Waals surface area (Å²) in [6, 6.07) is 15.1. The van der Waals surface area contributed by atoms with Gasteiger partial charge in [0.05, 0.1) is 7.11 Å². The number of nitrogens with one attached hydrogen (secondary N) is 1. The molecular weight excluding hydrogens is 265 g/mol. The average Bonchev–Trinajstić information content (AvgIpc) is 2.52. The quantitative estimate of drug-likeness (QED) is 0.836. The van der Waals surface area contributed by atoms with Crippen molar-refractivity contribution in [2.45, 2.75) is 32.4 Å². The van der Waals surface area contributed by atoms with Gasteiger partial charge in [0.1, 0.15) is 11.6 Å². The summed E-state index contributed by atoms with van der Waals surface area (Å²) in [5.41, 5.74) is 2.14. The van der Waals surface area contributed by atoms with Crippen molar-refractivity contribution in [3.63, 3.8) is 0 Å². The zero-order valence-electron chi connectivity index (χ0n) is 12.8. The maximum absolute atomic E-state index is 13.4. The summed E-state index contributed by atoms with van der Waals surface area (Å²) in [6.07, 6.45) is 0.901. The molecule has 0 aliphatic rings. The van der Waals surface area contributed by atoms with Crippen molar-refractivity contribution in [1.29, 1.82) is 0 Å². The first kappa shape index (κ1) is 15.5. The number of hydrogen-bond donors (Lipinski definition) is 1. The van der Waals surface area contributed by atoms with Gasteiger partial charge in [0, 0.05) is 12.1 Å². The first-order valence-corrected chi connectivity index (χ1v) is 7.29. The second-order valence-electron chi connectivity index (χ2n) is 5.18. The Morgan fingerprint density at radius 1 is 1.10 bits per heavy atom. The maximum Gasteiger partial charge on any atom is 0.123 e. The van der Waals surface area contributed by atoms with Crippen molar-refractivity contribution < 1.29 is 9.13 Å². The number of hydrogen-bond acceptors (Lipinski definition) is 2. The van der Waals surface area contributed by atoms with Crippen molar-refractivity contribution in [3.05, 3.63) is 65.5 Å². The molecule has 0 bridgehead atoms. The molecule has 2 rings (SSSR count). The molecule has 0 saturated heterocycles. The zero-order chi connectivity index (χ0) is 15.2. The molecule has 0 saturated carbocycles. The van der Waals surface area contributed by atoms with Gasteiger partial charge in [-0.2, -0.15) is 0 Å². The molecule has 0 aromatic heterocycles. The van der Waals surface area contributed by atoms with Gasteiger partial charge < -0.3 is 10.1 Å². The van der Waals surface area contributed by atoms with Gasteiger partial charge in [0.2, 0.25) is 0 Å². The van der Waals surface area contributed by atoms with E-state index >= 15 is 0 Å². The van der Waals surface area contributed by atoms with E-state index in [0.29, 0.717) is 0 Å². The lowest BCUT2D eigenvalue weighted by Gasteiger charge is -2.23. The van der Waals surface area contributed by atoms with Gasteiger partial charge in [-0.25, -0.2) is 4.39 Å². The van der Waals surface area contributed by atoms with Crippen LogP contribution in [0.25, 0.3) is 0 Å². The van der Waals surface area contributed by atoms with Gasteiger partial charge in [-0.1, -0.05) is 31.2 Å². The van der Waals surface area contributed by atoms with Gasteiger partial charge >= 0.3 is 0 Å². The Balaban J connectivity index is 2.14. The minimum absolute atomic E-state index is 0.127. The van der Waals surface area contributed by atoms with Crippen LogP contribution in [0.4, 0.5) is 4.39 Å². The molecule has 0 amide bonds. The molecule has 1 unspecified atom stereocenters. The van der Waals surface area contributed by atoms with Crippen LogP contribution in [0.1, 0.15) is 43.5 Å². The lowest BCUT2D eigenvalue weighted by atomic mass is 10.0. The van der Waals surface area contributed by atoms with Crippen molar-refractivity contribution in [2.75, 3.05) is 7.11 Å². The highest BCUT2D eigenvalue weighted by atomic mass is 19.1. The van der Waals surface area contributed by atoms with Crippen LogP contribution in [-0.2, 0) is 0 Å². The minimum Gasteiger partial charge on any atom is -0.497 e. The lowest BCUT2D eigenvalue weighted by molar-refractivity contribution is 0.411. The molecular formula is C18H22FNO. The predicted molar refractivity (Wildman–Crippen MR) is 84.0 cm³/mol. The largest absolute Gasteiger partial charge is 0.497 e. The Kier molecular flexibility index (Phi) is 5.34. The van der Waals surface area contributed by atoms with Crippen LogP contribution in [0, 0.1) is 5.82 Å². The summed E-state index contributed by atoms with van der Waals surface area (Å²) >= 11 is 0. The molecule has 0 fully saturated rings. The van der Waals surface area contributed by atoms with Crippen LogP contribution in [0.2, 0.25) is 0 Å². The van der Waals surface area contributed by atoms with Crippen LogP contribution < -0.4 is 10.1 Å². The molecule has 21 heavy (non-hydrogen) atoms. The van der Waals surface area contributed by atoms with Crippen molar-refractivity contribution in [1.82, 2.24) is 5.32 Å². The molecule has 2 atom stereocenters. The summed E-state index contributed by atoms with van der Waals surface area (Å²) in [7, 11) is 1.67. The Morgan fingerprint density at radius 2 is 1.81 bits per heavy atom. The van der Waals surface area contributed by atoms with Gasteiger partial charge in [0.25, 0.3) is 0 Å². The van der Waals surface area contributed by atoms with Crippen LogP contribution in [-0.4, -0.2) is 7.11 Å². The van der Waals surface area contributed by atoms with E-state index in [0.717, 1.165) is 23.3 Å². The zero-order valence-corrected chi connectivity index (χ0v) is 12.8. The number of ether oxygens (including phenoxy) is 1. The van der Waals surface area contributed by atoms with Gasteiger partial charge in [-0.3, -0.25) is 0 Å². The van der Waals surface area contributed by atoms with Gasteiger partial charge in [0.15, 0.2) is 0 Å². The molecule has 2 aromatic rings. The topological polar surface area (TPSA) is 21.3 Å². The normalized spacial score (nSPS) is 13.7. The second-order valence-corrected chi connectivity index (χ2v) is 5.18. The Hall–Kier alpha value is -1.87. The molecule has 2 nitrogen and oxygen atoms in total. The van der Waals surface area contributed by atoms with E-state index in [2.05, 4.69) is 25.2 Å². The highest BCUT2D eigenvalue weighted by Gasteiger charge is 2.14. The monoisotopic (exact) mass is 287 g/mol. The lowest BCUT2D eigenvalue weighted by Crippen LogP contribution is -2.24. The third-order valence-corrected chi connectivity index (χ3v) is 3.70. The first-order valence-electron chi connectivity index (χ1n) is 7.29. The number of rotatable bonds is 6. The molecule has 0 aliphatic heterocycles. The first-order chi connectivity index (χ1) is 10.1. The number of halogens is 1. The van der Waals surface area contributed by atoms with E-state index in [9.17, 15) is 4.39 Å². The molecule has 0 spiro atoms. The van der Waals surface area contributed by atoms with Crippen molar-refractivity contribution >= 4 is 0 Å². The van der Waals surface area contributed by atoms with E-state index in [-0.39, 0.29) is 17.9 Å². The maximum atomic E-state index is 13.4. The average molecular weight is 287 g/mol. The Labute approximate surface area is 126 Å². The van der Waals surface area contributed by atoms with Gasteiger partial charge in [-0.15, -0.1) is 0 Å². The fourth-order valence-corrected chi connectivity index (χ4v) is 2.48. The van der Waals surface area contributed by atoms with Gasteiger partial charge in [-0.05, 0) is 48.7 Å². The van der Waals surface area contributed by atoms with E-state index in [4.69, 9.17) is 4.74 Å². The Morgan fingerprint density at radius 3 is 2.48 bits per heavy atom. The molecule has 112 valence electrons. The molecule has 0 aliphatic carbocycles. The SMILES string of the molecule is CCC(N[C@H](C)c1cccc(OC)c1)c1cccc(F)c1. The van der Waals surface area contributed by atoms with E-state index in [1.165, 1.54) is 6.07 Å². The minimum atomic E-state index is -0.193. The summed E-state index contributed by atoms with van der Waals surface area (Å²) in [5.74, 6) is 0.654. The molecule has 3 heteroatoms. The van der Waals surface area contributed by atoms with E-state index in [1.807, 2.05) is 24.3 Å². The molecule has 0 heterocycles. The molecule has 0 radical (unpaired) electrons. The molecule has 1 N–H and O–H groups in total. The Bertz CT molecular complexity index is 585. The van der Waals surface area contributed by atoms with E-state index in [1.54, 1.807) is 19.2 Å². The standard InChI is InChI=1S/C18H22FNO/c1-4-18(15-8-5-9-16(19)11-15)20-13(2)14-7-6-10-17(12-14)21-3/h5-13,18,20H,4H2,1-3H3/t13-,18?/m1/s1. The smallest absolute Gasteiger partial charge is 0.123 e. The second kappa shape index (κ2) is 7.23. The van der Waals surface area contributed by atoms with Crippen LogP contribution in [0.5, 0.6) is 5.75 Å². The summed E-state index contributed by atoms with van der Waals surface area (Å²) in [4.78, 5) is 0. The van der Waals surface area contributed by atoms with Crippen molar-refractivity contribution in [2.24, 2.45) is 0 Å². The summed E-state index contributed by atoms with van der Waals surface area (Å²) < 4.78 is 18.6. The summed E-state index contributed by atoms with van der Waals surface area (Å²) in [5, 5.41) is 3.56. The fourth-order valence-electron chi connectivity index (χ4n) is 2.48. The molecule has 2 aromatic carbocycles. The van der Waals surface area contributed by atoms with Crippen molar-refractivity contribution in [3.8, 4) is 5.75 Å². The highest BCUT2D eigenvalue weighted by Crippen LogP contribution is 2.24. The van der Waals surface area contributed by atoms with Crippen LogP contribution in [0.3, 0.4) is 0 Å². The number of benzene rings is 2. The highest BCUT2D eigenvalue weighted by molar-refractivity contribution is 5.30. The fraction of sp³-hybridized carbons (Fsp3) is 0.333. The van der Waals surface area contributed by atoms with E-state index < -0.39 is 0 Å². The summed E-state index contributed by atoms with van der Waals surface area (Å²) in [6.45, 7) is 4.21. The number of methoxy groups -OCH3 is 1. The third kappa shape index (κ3) is 4.05. The van der Waals surface area contributed by atoms with Crippen LogP contribution >= 0.6 is 0 Å². The predicted octanol–water partition coefficient (Wildman–Crippen LogP) is 4.64. The third-order valence-electron chi connectivity index (χ3n) is 3.70.